The highest BCUT2D eigenvalue weighted by atomic mass is 33.1. The molecule has 0 N–H and O–H groups in total. The van der Waals surface area contributed by atoms with Crippen molar-refractivity contribution in [3.05, 3.63) is 0 Å². The Kier molecular flexibility index (Phi) is 9.45. The fourth-order valence-corrected chi connectivity index (χ4v) is 5.14. The van der Waals surface area contributed by atoms with Crippen LogP contribution in [0.15, 0.2) is 0 Å². The van der Waals surface area contributed by atoms with Crippen molar-refractivity contribution in [3.63, 3.8) is 0 Å². The highest BCUT2D eigenvalue weighted by Crippen LogP contribution is 2.43. The van der Waals surface area contributed by atoms with Crippen LogP contribution in [0, 0.1) is 11.3 Å². The molecule has 0 atom stereocenters. The topological polar surface area (TPSA) is 71.1 Å². The summed E-state index contributed by atoms with van der Waals surface area (Å²) >= 11 is 0. The minimum Gasteiger partial charge on any atom is -0.465 e. The van der Waals surface area contributed by atoms with Gasteiger partial charge in [0.15, 0.2) is 0 Å². The van der Waals surface area contributed by atoms with E-state index in [-0.39, 0.29) is 36.8 Å². The molecule has 0 saturated carbocycles. The smallest absolute Gasteiger partial charge is 0.465 e. The predicted molar refractivity (Wildman–Crippen MR) is 101 cm³/mol. The third kappa shape index (κ3) is 8.55. The Morgan fingerprint density at radius 3 is 2.20 bits per heavy atom. The summed E-state index contributed by atoms with van der Waals surface area (Å²) in [7, 11) is 3.38. The van der Waals surface area contributed by atoms with E-state index < -0.39 is 6.16 Å². The molecule has 0 spiro atoms. The van der Waals surface area contributed by atoms with Crippen molar-refractivity contribution < 1.29 is 28.5 Å². The van der Waals surface area contributed by atoms with Gasteiger partial charge in [-0.05, 0) is 19.8 Å². The average molecular weight is 395 g/mol. The average Bonchev–Trinajstić information content (AvgIpc) is 3.00. The van der Waals surface area contributed by atoms with Crippen molar-refractivity contribution in [2.45, 2.75) is 46.6 Å². The van der Waals surface area contributed by atoms with Crippen LogP contribution in [0.3, 0.4) is 0 Å². The van der Waals surface area contributed by atoms with Crippen LogP contribution in [0.1, 0.15) is 41.0 Å². The van der Waals surface area contributed by atoms with Crippen molar-refractivity contribution in [1.29, 1.82) is 0 Å². The van der Waals surface area contributed by atoms with Crippen molar-refractivity contribution in [1.82, 2.24) is 0 Å². The number of hydrogen-bond acceptors (Lipinski definition) is 8. The van der Waals surface area contributed by atoms with Gasteiger partial charge in [0.05, 0.1) is 24.2 Å². The molecule has 1 heterocycles. The van der Waals surface area contributed by atoms with Gasteiger partial charge < -0.3 is 18.9 Å². The van der Waals surface area contributed by atoms with Crippen LogP contribution < -0.4 is 0 Å². The number of rotatable bonds is 10. The summed E-state index contributed by atoms with van der Waals surface area (Å²) in [5, 5.41) is 0. The molecule has 0 amide bonds. The van der Waals surface area contributed by atoms with Gasteiger partial charge >= 0.3 is 12.1 Å². The van der Waals surface area contributed by atoms with Gasteiger partial charge in [-0.3, -0.25) is 4.79 Å². The van der Waals surface area contributed by atoms with Crippen LogP contribution >= 0.6 is 21.6 Å². The van der Waals surface area contributed by atoms with E-state index in [2.05, 4.69) is 13.8 Å². The molecule has 0 aromatic carbocycles. The second-order valence-electron chi connectivity index (χ2n) is 7.15. The molecule has 0 unspecified atom stereocenters. The Labute approximate surface area is 158 Å². The number of esters is 1. The zero-order valence-electron chi connectivity index (χ0n) is 15.8. The summed E-state index contributed by atoms with van der Waals surface area (Å²) in [5.41, 5.74) is -0.522. The molecule has 1 aliphatic rings. The molecule has 6 nitrogen and oxygen atoms in total. The van der Waals surface area contributed by atoms with Gasteiger partial charge in [0.1, 0.15) is 13.2 Å². The number of carbonyl (C=O) groups is 2. The summed E-state index contributed by atoms with van der Waals surface area (Å²) in [4.78, 5) is 22.8. The SMILES string of the molecule is CC(=O)OCC1(COC(=O)OCCCOC(C)(C)C(C)C)CSSC1. The third-order valence-electron chi connectivity index (χ3n) is 4.26. The molecule has 1 saturated heterocycles. The molecule has 146 valence electrons. The number of ether oxygens (including phenoxy) is 4. The molecule has 0 aromatic heterocycles. The third-order valence-corrected chi connectivity index (χ3v) is 7.10. The quantitative estimate of drug-likeness (QED) is 0.314. The maximum Gasteiger partial charge on any atom is 0.508 e. The van der Waals surface area contributed by atoms with Crippen LogP contribution in [0.4, 0.5) is 4.79 Å². The Morgan fingerprint density at radius 2 is 1.64 bits per heavy atom. The zero-order valence-corrected chi connectivity index (χ0v) is 17.4. The molecule has 1 rings (SSSR count). The zero-order chi connectivity index (χ0) is 18.9. The first-order chi connectivity index (χ1) is 11.7. The van der Waals surface area contributed by atoms with Gasteiger partial charge in [-0.1, -0.05) is 35.4 Å². The Balaban J connectivity index is 2.22. The molecule has 0 bridgehead atoms. The highest BCUT2D eigenvalue weighted by Gasteiger charge is 2.38. The molecule has 0 aliphatic carbocycles. The molecule has 8 heteroatoms. The monoisotopic (exact) mass is 394 g/mol. The van der Waals surface area contributed by atoms with Crippen molar-refractivity contribution >= 4 is 33.7 Å². The lowest BCUT2D eigenvalue weighted by Crippen LogP contribution is -2.36. The van der Waals surface area contributed by atoms with E-state index in [0.29, 0.717) is 18.9 Å². The van der Waals surface area contributed by atoms with Gasteiger partial charge in [-0.25, -0.2) is 4.79 Å². The van der Waals surface area contributed by atoms with Crippen molar-refractivity contribution in [2.75, 3.05) is 37.9 Å². The van der Waals surface area contributed by atoms with Crippen LogP contribution in [0.25, 0.3) is 0 Å². The first-order valence-electron chi connectivity index (χ1n) is 8.48. The normalized spacial score (nSPS) is 16.7. The standard InChI is InChI=1S/C17H30O6S2/c1-13(2)16(4,5)23-8-6-7-20-15(19)22-10-17(9-21-14(3)18)11-24-25-12-17/h13H,6-12H2,1-5H3. The summed E-state index contributed by atoms with van der Waals surface area (Å²) in [5.74, 6) is 1.63. The second kappa shape index (κ2) is 10.5. The van der Waals surface area contributed by atoms with Crippen LogP contribution in [0.2, 0.25) is 0 Å². The lowest BCUT2D eigenvalue weighted by Gasteiger charge is -2.29. The van der Waals surface area contributed by atoms with Gasteiger partial charge in [0, 0.05) is 24.9 Å². The van der Waals surface area contributed by atoms with Gasteiger partial charge in [-0.2, -0.15) is 0 Å². The molecule has 25 heavy (non-hydrogen) atoms. The van der Waals surface area contributed by atoms with Crippen LogP contribution in [-0.2, 0) is 23.7 Å². The van der Waals surface area contributed by atoms with Crippen molar-refractivity contribution in [3.8, 4) is 0 Å². The largest absolute Gasteiger partial charge is 0.508 e. The van der Waals surface area contributed by atoms with Crippen molar-refractivity contribution in [2.24, 2.45) is 11.3 Å². The number of carbonyl (C=O) groups excluding carboxylic acids is 2. The lowest BCUT2D eigenvalue weighted by molar-refractivity contribution is -0.144. The molecule has 0 aromatic rings. The molecule has 0 radical (unpaired) electrons. The van der Waals surface area contributed by atoms with Gasteiger partial charge in [-0.15, -0.1) is 0 Å². The minimum absolute atomic E-state index is 0.190. The van der Waals surface area contributed by atoms with E-state index in [0.717, 1.165) is 11.5 Å². The molecule has 1 aliphatic heterocycles. The molecular formula is C17H30O6S2. The van der Waals surface area contributed by atoms with E-state index in [1.54, 1.807) is 21.6 Å². The molecule has 1 fully saturated rings. The minimum atomic E-state index is -0.688. The summed E-state index contributed by atoms with van der Waals surface area (Å²) in [6.07, 6.45) is -0.0672. The summed E-state index contributed by atoms with van der Waals surface area (Å²) in [6, 6.07) is 0. The van der Waals surface area contributed by atoms with E-state index in [1.165, 1.54) is 6.92 Å². The Morgan fingerprint density at radius 1 is 1.04 bits per heavy atom. The van der Waals surface area contributed by atoms with Gasteiger partial charge in [0.25, 0.3) is 0 Å². The number of hydrogen-bond donors (Lipinski definition) is 0. The highest BCUT2D eigenvalue weighted by molar-refractivity contribution is 8.77. The maximum absolute atomic E-state index is 11.7. The van der Waals surface area contributed by atoms with Crippen LogP contribution in [-0.4, -0.2) is 55.7 Å². The van der Waals surface area contributed by atoms with Gasteiger partial charge in [0.2, 0.25) is 0 Å². The van der Waals surface area contributed by atoms with E-state index in [9.17, 15) is 9.59 Å². The fourth-order valence-electron chi connectivity index (χ4n) is 1.81. The van der Waals surface area contributed by atoms with E-state index >= 15 is 0 Å². The van der Waals surface area contributed by atoms with Crippen LogP contribution in [0.5, 0.6) is 0 Å². The predicted octanol–water partition coefficient (Wildman–Crippen LogP) is 3.93. The lowest BCUT2D eigenvalue weighted by atomic mass is 9.95. The second-order valence-corrected chi connectivity index (χ2v) is 9.61. The maximum atomic E-state index is 11.7. The Bertz CT molecular complexity index is 433. The Hall–Kier alpha value is -0.600. The first-order valence-corrected chi connectivity index (χ1v) is 11.0. The molecular weight excluding hydrogens is 364 g/mol. The van der Waals surface area contributed by atoms with E-state index in [4.69, 9.17) is 18.9 Å². The van der Waals surface area contributed by atoms with E-state index in [1.807, 2.05) is 13.8 Å². The summed E-state index contributed by atoms with van der Waals surface area (Å²) in [6.45, 7) is 10.9. The first kappa shape index (κ1) is 22.4. The summed E-state index contributed by atoms with van der Waals surface area (Å²) < 4.78 is 21.2. The fraction of sp³-hybridized carbons (Fsp3) is 0.882.